The van der Waals surface area contributed by atoms with Crippen LogP contribution in [-0.4, -0.2) is 11.8 Å². The van der Waals surface area contributed by atoms with Crippen molar-refractivity contribution in [1.82, 2.24) is 5.32 Å². The summed E-state index contributed by atoms with van der Waals surface area (Å²) in [4.78, 5) is 28.5. The summed E-state index contributed by atoms with van der Waals surface area (Å²) < 4.78 is 14.2. The van der Waals surface area contributed by atoms with Crippen molar-refractivity contribution in [2.24, 2.45) is 0 Å². The first-order valence-electron chi connectivity index (χ1n) is 9.92. The molecule has 0 spiro atoms. The minimum atomic E-state index is -0.369. The van der Waals surface area contributed by atoms with Crippen molar-refractivity contribution < 1.29 is 14.0 Å². The van der Waals surface area contributed by atoms with E-state index >= 15 is 0 Å². The zero-order valence-corrected chi connectivity index (χ0v) is 17.7. The minimum absolute atomic E-state index is 0.0858. The molecule has 1 N–H and O–H groups in total. The van der Waals surface area contributed by atoms with Crippen LogP contribution >= 0.6 is 11.8 Å². The maximum atomic E-state index is 14.2. The number of thioether (sulfide) groups is 1. The lowest BCUT2D eigenvalue weighted by molar-refractivity contribution is -0.118. The van der Waals surface area contributed by atoms with E-state index in [1.807, 2.05) is 61.5 Å². The summed E-state index contributed by atoms with van der Waals surface area (Å²) >= 11 is 1.25. The predicted octanol–water partition coefficient (Wildman–Crippen LogP) is 5.23. The van der Waals surface area contributed by atoms with Gasteiger partial charge in [0, 0.05) is 16.5 Å². The molecule has 0 saturated heterocycles. The second-order valence-corrected chi connectivity index (χ2v) is 8.29. The molecule has 1 atom stereocenters. The highest BCUT2D eigenvalue weighted by Crippen LogP contribution is 2.42. The monoisotopic (exact) mass is 432 g/mol. The topological polar surface area (TPSA) is 49.4 Å². The number of benzene rings is 3. The Morgan fingerprint density at radius 3 is 2.48 bits per heavy atom. The van der Waals surface area contributed by atoms with E-state index in [1.165, 1.54) is 28.8 Å². The molecule has 0 fully saturated rings. The number of nitrogens with one attached hydrogen (secondary N) is 1. The third kappa shape index (κ3) is 4.70. The van der Waals surface area contributed by atoms with Gasteiger partial charge in [0.05, 0.1) is 23.2 Å². The number of halogens is 1. The standard InChI is InChI=1S/C25H21FN2O2S/c1-17(18-9-3-2-4-10-18)27-24(29)15-23-25(30)28(16-19-11-5-6-12-20(19)26)21-13-7-8-14-22(21)31-23/h2-15,17H,16H2,1H3,(H,27,29)/b23-15-/t17-/m1/s1. The summed E-state index contributed by atoms with van der Waals surface area (Å²) in [6.07, 6.45) is 1.33. The fourth-order valence-corrected chi connectivity index (χ4v) is 4.45. The molecule has 4 rings (SSSR count). The van der Waals surface area contributed by atoms with Crippen LogP contribution in [0.25, 0.3) is 0 Å². The number of carbonyl (C=O) groups excluding carboxylic acids is 2. The van der Waals surface area contributed by atoms with Crippen molar-refractivity contribution in [1.29, 1.82) is 0 Å². The van der Waals surface area contributed by atoms with Crippen molar-refractivity contribution in [3.8, 4) is 0 Å². The van der Waals surface area contributed by atoms with Gasteiger partial charge in [0.1, 0.15) is 5.82 Å². The lowest BCUT2D eigenvalue weighted by Gasteiger charge is -2.30. The second-order valence-electron chi connectivity index (χ2n) is 7.20. The van der Waals surface area contributed by atoms with E-state index in [-0.39, 0.29) is 30.2 Å². The Balaban J connectivity index is 1.59. The van der Waals surface area contributed by atoms with Gasteiger partial charge in [-0.05, 0) is 30.7 Å². The van der Waals surface area contributed by atoms with E-state index in [1.54, 1.807) is 18.2 Å². The zero-order chi connectivity index (χ0) is 21.8. The normalized spacial score (nSPS) is 15.5. The van der Waals surface area contributed by atoms with Gasteiger partial charge in [-0.1, -0.05) is 72.4 Å². The highest BCUT2D eigenvalue weighted by atomic mass is 32.2. The molecule has 0 saturated carbocycles. The van der Waals surface area contributed by atoms with Gasteiger partial charge >= 0.3 is 0 Å². The number of rotatable bonds is 5. The summed E-state index contributed by atoms with van der Waals surface area (Å²) in [5.74, 6) is -1.04. The molecule has 0 aromatic heterocycles. The highest BCUT2D eigenvalue weighted by molar-refractivity contribution is 8.04. The van der Waals surface area contributed by atoms with E-state index in [9.17, 15) is 14.0 Å². The van der Waals surface area contributed by atoms with Gasteiger partial charge < -0.3 is 10.2 Å². The predicted molar refractivity (Wildman–Crippen MR) is 121 cm³/mol. The van der Waals surface area contributed by atoms with E-state index in [0.29, 0.717) is 16.2 Å². The first kappa shape index (κ1) is 20.9. The molecule has 4 nitrogen and oxygen atoms in total. The Morgan fingerprint density at radius 1 is 1.03 bits per heavy atom. The van der Waals surface area contributed by atoms with Crippen molar-refractivity contribution in [2.45, 2.75) is 24.4 Å². The van der Waals surface area contributed by atoms with Gasteiger partial charge in [-0.2, -0.15) is 0 Å². The number of anilines is 1. The van der Waals surface area contributed by atoms with Crippen LogP contribution in [0.15, 0.2) is 94.7 Å². The van der Waals surface area contributed by atoms with Gasteiger partial charge in [-0.25, -0.2) is 4.39 Å². The Kier molecular flexibility index (Phi) is 6.18. The van der Waals surface area contributed by atoms with E-state index in [0.717, 1.165) is 10.5 Å². The summed E-state index contributed by atoms with van der Waals surface area (Å²) in [5, 5.41) is 2.90. The Hall–Kier alpha value is -3.38. The van der Waals surface area contributed by atoms with Gasteiger partial charge in [-0.3, -0.25) is 9.59 Å². The van der Waals surface area contributed by atoms with Crippen molar-refractivity contribution in [3.63, 3.8) is 0 Å². The highest BCUT2D eigenvalue weighted by Gasteiger charge is 2.30. The van der Waals surface area contributed by atoms with Crippen LogP contribution in [-0.2, 0) is 16.1 Å². The third-order valence-electron chi connectivity index (χ3n) is 5.04. The average Bonchev–Trinajstić information content (AvgIpc) is 2.78. The number of carbonyl (C=O) groups is 2. The largest absolute Gasteiger partial charge is 0.346 e. The average molecular weight is 433 g/mol. The lowest BCUT2D eigenvalue weighted by atomic mass is 10.1. The zero-order valence-electron chi connectivity index (χ0n) is 16.9. The van der Waals surface area contributed by atoms with Gasteiger partial charge in [0.2, 0.25) is 5.91 Å². The second kappa shape index (κ2) is 9.18. The van der Waals surface area contributed by atoms with Gasteiger partial charge in [0.15, 0.2) is 0 Å². The summed E-state index contributed by atoms with van der Waals surface area (Å²) in [6, 6.07) is 23.2. The lowest BCUT2D eigenvalue weighted by Crippen LogP contribution is -2.35. The van der Waals surface area contributed by atoms with Crippen molar-refractivity contribution in [2.75, 3.05) is 4.90 Å². The van der Waals surface area contributed by atoms with Gasteiger partial charge in [-0.15, -0.1) is 0 Å². The van der Waals surface area contributed by atoms with Crippen LogP contribution in [0.3, 0.4) is 0 Å². The molecule has 0 radical (unpaired) electrons. The molecule has 2 amide bonds. The van der Waals surface area contributed by atoms with Crippen LogP contribution in [0.5, 0.6) is 0 Å². The molecule has 0 aliphatic carbocycles. The van der Waals surface area contributed by atoms with Crippen LogP contribution in [0.2, 0.25) is 0 Å². The molecule has 156 valence electrons. The summed E-state index contributed by atoms with van der Waals surface area (Å²) in [7, 11) is 0. The maximum absolute atomic E-state index is 14.2. The molecule has 3 aromatic rings. The molecular formula is C25H21FN2O2S. The van der Waals surface area contributed by atoms with Gasteiger partial charge in [0.25, 0.3) is 5.91 Å². The van der Waals surface area contributed by atoms with Crippen LogP contribution in [0.1, 0.15) is 24.1 Å². The number of hydrogen-bond acceptors (Lipinski definition) is 3. The number of para-hydroxylation sites is 1. The molecule has 1 heterocycles. The summed E-state index contributed by atoms with van der Waals surface area (Å²) in [5.41, 5.74) is 2.10. The Bertz CT molecular complexity index is 1150. The quantitative estimate of drug-likeness (QED) is 0.562. The first-order valence-corrected chi connectivity index (χ1v) is 10.7. The number of fused-ring (bicyclic) bond motifs is 1. The molecular weight excluding hydrogens is 411 g/mol. The smallest absolute Gasteiger partial charge is 0.265 e. The number of amides is 2. The molecule has 3 aromatic carbocycles. The molecule has 6 heteroatoms. The SMILES string of the molecule is C[C@@H](NC(=O)/C=C1\Sc2ccccc2N(Cc2ccccc2F)C1=O)c1ccccc1. The van der Waals surface area contributed by atoms with Crippen LogP contribution < -0.4 is 10.2 Å². The summed E-state index contributed by atoms with van der Waals surface area (Å²) in [6.45, 7) is 1.98. The fourth-order valence-electron chi connectivity index (χ4n) is 3.42. The van der Waals surface area contributed by atoms with E-state index in [2.05, 4.69) is 5.32 Å². The van der Waals surface area contributed by atoms with Crippen molar-refractivity contribution >= 4 is 29.3 Å². The van der Waals surface area contributed by atoms with E-state index in [4.69, 9.17) is 0 Å². The Labute approximate surface area is 184 Å². The minimum Gasteiger partial charge on any atom is -0.346 e. The Morgan fingerprint density at radius 2 is 1.71 bits per heavy atom. The number of nitrogens with zero attached hydrogens (tertiary/aromatic N) is 1. The van der Waals surface area contributed by atoms with Crippen LogP contribution in [0, 0.1) is 5.82 Å². The number of hydrogen-bond donors (Lipinski definition) is 1. The third-order valence-corrected chi connectivity index (χ3v) is 6.12. The van der Waals surface area contributed by atoms with Crippen molar-refractivity contribution in [3.05, 3.63) is 107 Å². The molecule has 1 aliphatic rings. The molecule has 1 aliphatic heterocycles. The van der Waals surface area contributed by atoms with E-state index < -0.39 is 0 Å². The molecule has 31 heavy (non-hydrogen) atoms. The fraction of sp³-hybridized carbons (Fsp3) is 0.120. The maximum Gasteiger partial charge on any atom is 0.265 e. The molecule has 0 bridgehead atoms. The molecule has 0 unspecified atom stereocenters. The van der Waals surface area contributed by atoms with Crippen LogP contribution in [0.4, 0.5) is 10.1 Å². The first-order chi connectivity index (χ1) is 15.0.